The highest BCUT2D eigenvalue weighted by Crippen LogP contribution is 2.09. The van der Waals surface area contributed by atoms with Crippen LogP contribution in [0.1, 0.15) is 26.7 Å². The third kappa shape index (κ3) is 7.14. The lowest BCUT2D eigenvalue weighted by Gasteiger charge is -2.19. The maximum atomic E-state index is 11.6. The predicted octanol–water partition coefficient (Wildman–Crippen LogP) is 2.02. The fourth-order valence-corrected chi connectivity index (χ4v) is 1.90. The van der Waals surface area contributed by atoms with Crippen molar-refractivity contribution in [3.05, 3.63) is 30.3 Å². The Morgan fingerprint density at radius 2 is 1.90 bits per heavy atom. The number of para-hydroxylation sites is 1. The predicted molar refractivity (Wildman–Crippen MR) is 85.1 cm³/mol. The largest absolute Gasteiger partial charge is 0.373 e. The molecule has 4 nitrogen and oxygen atoms in total. The van der Waals surface area contributed by atoms with Gasteiger partial charge in [0, 0.05) is 38.3 Å². The van der Waals surface area contributed by atoms with E-state index in [-0.39, 0.29) is 5.91 Å². The molecular weight excluding hydrogens is 250 g/mol. The standard InChI is InChI=1S/C16H27N3O/c1-14(2)17-11-7-10-16(20)18-12-13-19(3)15-8-5-4-6-9-15/h4-6,8-9,14,17H,7,10-13H2,1-3H3,(H,18,20). The third-order valence-corrected chi connectivity index (χ3v) is 3.10. The Morgan fingerprint density at radius 1 is 1.20 bits per heavy atom. The van der Waals surface area contributed by atoms with E-state index in [1.54, 1.807) is 0 Å². The van der Waals surface area contributed by atoms with Gasteiger partial charge in [-0.3, -0.25) is 4.79 Å². The average Bonchev–Trinajstić information content (AvgIpc) is 2.44. The fourth-order valence-electron chi connectivity index (χ4n) is 1.90. The summed E-state index contributed by atoms with van der Waals surface area (Å²) in [4.78, 5) is 13.8. The van der Waals surface area contributed by atoms with Crippen LogP contribution >= 0.6 is 0 Å². The Kier molecular flexibility index (Phi) is 7.73. The highest BCUT2D eigenvalue weighted by atomic mass is 16.1. The molecule has 0 saturated carbocycles. The molecule has 0 aliphatic rings. The molecule has 4 heteroatoms. The number of hydrogen-bond acceptors (Lipinski definition) is 3. The van der Waals surface area contributed by atoms with Crippen molar-refractivity contribution in [3.63, 3.8) is 0 Å². The molecular formula is C16H27N3O. The van der Waals surface area contributed by atoms with Gasteiger partial charge in [-0.15, -0.1) is 0 Å². The van der Waals surface area contributed by atoms with Gasteiger partial charge in [0.25, 0.3) is 0 Å². The van der Waals surface area contributed by atoms with E-state index in [9.17, 15) is 4.79 Å². The van der Waals surface area contributed by atoms with Crippen molar-refractivity contribution in [2.24, 2.45) is 0 Å². The van der Waals surface area contributed by atoms with E-state index in [1.165, 1.54) is 5.69 Å². The molecule has 1 aromatic rings. The molecule has 0 radical (unpaired) electrons. The molecule has 0 unspecified atom stereocenters. The van der Waals surface area contributed by atoms with Crippen molar-refractivity contribution in [2.45, 2.75) is 32.7 Å². The second-order valence-corrected chi connectivity index (χ2v) is 5.32. The number of nitrogens with zero attached hydrogens (tertiary/aromatic N) is 1. The summed E-state index contributed by atoms with van der Waals surface area (Å²) in [7, 11) is 2.04. The minimum Gasteiger partial charge on any atom is -0.373 e. The molecule has 20 heavy (non-hydrogen) atoms. The van der Waals surface area contributed by atoms with Crippen molar-refractivity contribution in [1.29, 1.82) is 0 Å². The van der Waals surface area contributed by atoms with Crippen LogP contribution in [0, 0.1) is 0 Å². The molecule has 0 spiro atoms. The smallest absolute Gasteiger partial charge is 0.220 e. The van der Waals surface area contributed by atoms with Gasteiger partial charge >= 0.3 is 0 Å². The summed E-state index contributed by atoms with van der Waals surface area (Å²) in [5.74, 6) is 0.136. The first-order valence-electron chi connectivity index (χ1n) is 7.36. The van der Waals surface area contributed by atoms with Crippen LogP contribution in [-0.2, 0) is 4.79 Å². The molecule has 0 saturated heterocycles. The Morgan fingerprint density at radius 3 is 2.55 bits per heavy atom. The van der Waals surface area contributed by atoms with Crippen LogP contribution in [0.25, 0.3) is 0 Å². The summed E-state index contributed by atoms with van der Waals surface area (Å²) in [5.41, 5.74) is 1.17. The van der Waals surface area contributed by atoms with E-state index in [4.69, 9.17) is 0 Å². The number of likely N-dealkylation sites (N-methyl/N-ethyl adjacent to an activating group) is 1. The second kappa shape index (κ2) is 9.37. The molecule has 0 aliphatic heterocycles. The van der Waals surface area contributed by atoms with E-state index < -0.39 is 0 Å². The monoisotopic (exact) mass is 277 g/mol. The topological polar surface area (TPSA) is 44.4 Å². The van der Waals surface area contributed by atoms with Crippen molar-refractivity contribution in [3.8, 4) is 0 Å². The molecule has 0 aliphatic carbocycles. The lowest BCUT2D eigenvalue weighted by atomic mass is 10.2. The molecule has 2 N–H and O–H groups in total. The lowest BCUT2D eigenvalue weighted by Crippen LogP contribution is -2.33. The Balaban J connectivity index is 2.10. The summed E-state index contributed by atoms with van der Waals surface area (Å²) in [6.07, 6.45) is 1.48. The summed E-state index contributed by atoms with van der Waals surface area (Å²) >= 11 is 0. The van der Waals surface area contributed by atoms with Gasteiger partial charge in [-0.2, -0.15) is 0 Å². The van der Waals surface area contributed by atoms with Gasteiger partial charge in [0.05, 0.1) is 0 Å². The maximum Gasteiger partial charge on any atom is 0.220 e. The summed E-state index contributed by atoms with van der Waals surface area (Å²) in [6.45, 7) is 6.62. The van der Waals surface area contributed by atoms with Crippen molar-refractivity contribution < 1.29 is 4.79 Å². The zero-order valence-electron chi connectivity index (χ0n) is 12.9. The van der Waals surface area contributed by atoms with Crippen LogP contribution in [0.4, 0.5) is 5.69 Å². The third-order valence-electron chi connectivity index (χ3n) is 3.10. The minimum absolute atomic E-state index is 0.136. The second-order valence-electron chi connectivity index (χ2n) is 5.32. The van der Waals surface area contributed by atoms with E-state index in [2.05, 4.69) is 41.5 Å². The fraction of sp³-hybridized carbons (Fsp3) is 0.562. The van der Waals surface area contributed by atoms with Crippen molar-refractivity contribution in [1.82, 2.24) is 10.6 Å². The van der Waals surface area contributed by atoms with Crippen LogP contribution in [0.15, 0.2) is 30.3 Å². The van der Waals surface area contributed by atoms with Crippen molar-refractivity contribution in [2.75, 3.05) is 31.6 Å². The number of hydrogen-bond donors (Lipinski definition) is 2. The normalized spacial score (nSPS) is 10.6. The zero-order valence-corrected chi connectivity index (χ0v) is 12.9. The van der Waals surface area contributed by atoms with E-state index in [0.29, 0.717) is 19.0 Å². The number of benzene rings is 1. The number of carbonyl (C=O) groups excluding carboxylic acids is 1. The highest BCUT2D eigenvalue weighted by molar-refractivity contribution is 5.75. The van der Waals surface area contributed by atoms with Crippen LogP contribution in [0.3, 0.4) is 0 Å². The number of rotatable bonds is 9. The highest BCUT2D eigenvalue weighted by Gasteiger charge is 2.03. The molecule has 0 bridgehead atoms. The number of nitrogens with one attached hydrogen (secondary N) is 2. The van der Waals surface area contributed by atoms with Crippen LogP contribution < -0.4 is 15.5 Å². The summed E-state index contributed by atoms with van der Waals surface area (Å²) in [5, 5.41) is 6.27. The number of anilines is 1. The molecule has 1 amide bonds. The first-order chi connectivity index (χ1) is 9.59. The van der Waals surface area contributed by atoms with E-state index >= 15 is 0 Å². The van der Waals surface area contributed by atoms with Gasteiger partial charge in [0.2, 0.25) is 5.91 Å². The Bertz CT molecular complexity index is 379. The molecule has 0 fully saturated rings. The van der Waals surface area contributed by atoms with E-state index in [1.807, 2.05) is 25.2 Å². The number of amides is 1. The molecule has 1 rings (SSSR count). The van der Waals surface area contributed by atoms with Gasteiger partial charge in [-0.1, -0.05) is 32.0 Å². The van der Waals surface area contributed by atoms with Gasteiger partial charge in [0.1, 0.15) is 0 Å². The van der Waals surface area contributed by atoms with Crippen LogP contribution in [0.5, 0.6) is 0 Å². The molecule has 112 valence electrons. The van der Waals surface area contributed by atoms with Gasteiger partial charge in [-0.05, 0) is 25.1 Å². The SMILES string of the molecule is CC(C)NCCCC(=O)NCCN(C)c1ccccc1. The average molecular weight is 277 g/mol. The Labute approximate surface area is 122 Å². The first kappa shape index (κ1) is 16.5. The molecule has 1 aromatic carbocycles. The summed E-state index contributed by atoms with van der Waals surface area (Å²) < 4.78 is 0. The molecule has 0 atom stereocenters. The molecule has 0 heterocycles. The van der Waals surface area contributed by atoms with Crippen LogP contribution in [-0.4, -0.2) is 38.6 Å². The quantitative estimate of drug-likeness (QED) is 0.679. The maximum absolute atomic E-state index is 11.6. The zero-order chi connectivity index (χ0) is 14.8. The summed E-state index contributed by atoms with van der Waals surface area (Å²) in [6, 6.07) is 10.7. The van der Waals surface area contributed by atoms with E-state index in [0.717, 1.165) is 19.5 Å². The Hall–Kier alpha value is -1.55. The van der Waals surface area contributed by atoms with Gasteiger partial charge in [-0.25, -0.2) is 0 Å². The minimum atomic E-state index is 0.136. The number of carbonyl (C=O) groups is 1. The first-order valence-corrected chi connectivity index (χ1v) is 7.36. The van der Waals surface area contributed by atoms with Crippen LogP contribution in [0.2, 0.25) is 0 Å². The lowest BCUT2D eigenvalue weighted by molar-refractivity contribution is -0.121. The van der Waals surface area contributed by atoms with Crippen molar-refractivity contribution >= 4 is 11.6 Å². The molecule has 0 aromatic heterocycles. The van der Waals surface area contributed by atoms with Gasteiger partial charge < -0.3 is 15.5 Å². The van der Waals surface area contributed by atoms with Gasteiger partial charge in [0.15, 0.2) is 0 Å².